The summed E-state index contributed by atoms with van der Waals surface area (Å²) in [6, 6.07) is 102. The molecular weight excluding hydrogens is 989 g/mol. The van der Waals surface area contributed by atoms with E-state index in [2.05, 4.69) is 288 Å². The van der Waals surface area contributed by atoms with Gasteiger partial charge >= 0.3 is 0 Å². The Balaban J connectivity index is 1.10. The third-order valence-corrected chi connectivity index (χ3v) is 19.5. The van der Waals surface area contributed by atoms with E-state index in [1.165, 1.54) is 165 Å². The van der Waals surface area contributed by atoms with Crippen molar-refractivity contribution in [3.8, 4) is 33.4 Å². The highest BCUT2D eigenvalue weighted by Gasteiger charge is 2.51. The zero-order valence-electron chi connectivity index (χ0n) is 44.9. The molecule has 3 aliphatic rings. The minimum absolute atomic E-state index is 0.521. The molecule has 19 rings (SSSR count). The SMILES string of the molecule is C1=CC2=C(CC1)C(c1ccccc1)(c1ccccc1)c1c2cc2c3c(-c4ccccc4)c4c(c(-c5ccccc5)c3n3c5ccccc5c1c23)c1cc2c(c3c5ccccc5n4c13)C(c1ccccc1)(c1ccccc1)c1ccccc1-2. The van der Waals surface area contributed by atoms with Crippen molar-refractivity contribution in [1.29, 1.82) is 0 Å². The number of para-hydroxylation sites is 2. The number of benzene rings is 12. The fourth-order valence-electron chi connectivity index (χ4n) is 16.8. The molecule has 4 heterocycles. The second-order valence-corrected chi connectivity index (χ2v) is 23.1. The van der Waals surface area contributed by atoms with Gasteiger partial charge in [0.2, 0.25) is 0 Å². The van der Waals surface area contributed by atoms with E-state index in [4.69, 9.17) is 0 Å². The molecular formula is C80H50N2. The summed E-state index contributed by atoms with van der Waals surface area (Å²) in [5, 5.41) is 10.3. The maximum absolute atomic E-state index is 2.72. The molecule has 16 aromatic rings. The molecule has 3 aliphatic carbocycles. The summed E-state index contributed by atoms with van der Waals surface area (Å²) in [6.45, 7) is 0. The molecule has 0 N–H and O–H groups in total. The minimum Gasteiger partial charge on any atom is -0.307 e. The summed E-state index contributed by atoms with van der Waals surface area (Å²) in [5.41, 5.74) is 27.3. The van der Waals surface area contributed by atoms with Crippen LogP contribution in [0.15, 0.2) is 285 Å². The van der Waals surface area contributed by atoms with Gasteiger partial charge in [0.15, 0.2) is 0 Å². The van der Waals surface area contributed by atoms with Crippen LogP contribution in [0.4, 0.5) is 0 Å². The second-order valence-electron chi connectivity index (χ2n) is 23.1. The lowest BCUT2D eigenvalue weighted by Crippen LogP contribution is -2.30. The fraction of sp³-hybridized carbons (Fsp3) is 0.0500. The Bertz CT molecular complexity index is 5320. The molecule has 0 saturated carbocycles. The van der Waals surface area contributed by atoms with Gasteiger partial charge in [-0.1, -0.05) is 255 Å². The van der Waals surface area contributed by atoms with Gasteiger partial charge in [-0.05, 0) is 115 Å². The van der Waals surface area contributed by atoms with Crippen LogP contribution in [0, 0.1) is 0 Å². The largest absolute Gasteiger partial charge is 0.307 e. The number of allylic oxidation sites excluding steroid dienone is 4. The normalized spacial score (nSPS) is 15.1. The van der Waals surface area contributed by atoms with E-state index in [1.54, 1.807) is 0 Å². The van der Waals surface area contributed by atoms with Crippen molar-refractivity contribution >= 4 is 81.8 Å². The first-order chi connectivity index (χ1) is 40.8. The summed E-state index contributed by atoms with van der Waals surface area (Å²) >= 11 is 0. The Morgan fingerprint density at radius 2 is 0.720 bits per heavy atom. The minimum atomic E-state index is -0.603. The molecule has 0 fully saturated rings. The summed E-state index contributed by atoms with van der Waals surface area (Å²) < 4.78 is 5.44. The van der Waals surface area contributed by atoms with Gasteiger partial charge in [-0.3, -0.25) is 0 Å². The van der Waals surface area contributed by atoms with Crippen molar-refractivity contribution in [3.05, 3.63) is 329 Å². The van der Waals surface area contributed by atoms with Crippen LogP contribution in [-0.4, -0.2) is 8.80 Å². The first-order valence-electron chi connectivity index (χ1n) is 29.1. The first-order valence-corrected chi connectivity index (χ1v) is 29.1. The van der Waals surface area contributed by atoms with Crippen molar-refractivity contribution < 1.29 is 0 Å². The Morgan fingerprint density at radius 1 is 0.317 bits per heavy atom. The Labute approximate surface area is 474 Å². The first kappa shape index (κ1) is 44.6. The van der Waals surface area contributed by atoms with Gasteiger partial charge in [0, 0.05) is 54.2 Å². The van der Waals surface area contributed by atoms with Gasteiger partial charge in [0.25, 0.3) is 0 Å². The fourth-order valence-corrected chi connectivity index (χ4v) is 16.8. The van der Waals surface area contributed by atoms with Crippen LogP contribution in [0.2, 0.25) is 0 Å². The molecule has 0 amide bonds. The lowest BCUT2D eigenvalue weighted by molar-refractivity contribution is 0.702. The van der Waals surface area contributed by atoms with Crippen LogP contribution in [0.25, 0.3) is 115 Å². The van der Waals surface area contributed by atoms with Gasteiger partial charge in [-0.25, -0.2) is 0 Å². The Morgan fingerprint density at radius 3 is 1.22 bits per heavy atom. The number of rotatable bonds is 6. The molecule has 4 aromatic heterocycles. The van der Waals surface area contributed by atoms with Crippen LogP contribution >= 0.6 is 0 Å². The van der Waals surface area contributed by atoms with Crippen molar-refractivity contribution in [2.24, 2.45) is 0 Å². The molecule has 2 heteroatoms. The maximum Gasteiger partial charge on any atom is 0.0720 e. The number of fused-ring (bicyclic) bond motifs is 19. The average Bonchev–Trinajstić information content (AvgIpc) is 1.75. The molecule has 12 aromatic carbocycles. The molecule has 82 heavy (non-hydrogen) atoms. The lowest BCUT2D eigenvalue weighted by atomic mass is 9.64. The monoisotopic (exact) mass is 1040 g/mol. The zero-order chi connectivity index (χ0) is 53.4. The van der Waals surface area contributed by atoms with E-state index < -0.39 is 10.8 Å². The predicted molar refractivity (Wildman–Crippen MR) is 342 cm³/mol. The standard InChI is InChI=1S/C80H50N2/c1-7-27-49(28-8-1)67-69-61-47-59-55-39-19-23-43-63(55)79(51-31-11-3-12-32-51,52-33-13-4-14-34-52)73(59)71-58-42-22-26-46-66(58)82(75(61)71)78(69)68(50-29-9-2-10-30-50)70-62-48-60-56-40-20-24-44-64(56)80(53-35-15-5-16-36-53,54-37-17-6-18-38-54)74(60)72-57-41-21-25-45-65(57)81(76(62)72)77(67)70/h1-23,25-43,45-48H,24,44H2. The van der Waals surface area contributed by atoms with Crippen LogP contribution in [0.1, 0.15) is 57.3 Å². The molecule has 0 unspecified atom stereocenters. The topological polar surface area (TPSA) is 8.82 Å². The van der Waals surface area contributed by atoms with Crippen molar-refractivity contribution in [1.82, 2.24) is 8.80 Å². The summed E-state index contributed by atoms with van der Waals surface area (Å²) in [6.07, 6.45) is 6.88. The quantitative estimate of drug-likeness (QED) is 0.157. The van der Waals surface area contributed by atoms with Crippen LogP contribution in [0.3, 0.4) is 0 Å². The van der Waals surface area contributed by atoms with E-state index in [0.717, 1.165) is 12.8 Å². The van der Waals surface area contributed by atoms with E-state index in [1.807, 2.05) is 0 Å². The highest BCUT2D eigenvalue weighted by molar-refractivity contribution is 6.39. The zero-order valence-corrected chi connectivity index (χ0v) is 44.9. The Kier molecular flexibility index (Phi) is 8.80. The number of aromatic nitrogens is 2. The molecule has 2 nitrogen and oxygen atoms in total. The van der Waals surface area contributed by atoms with Gasteiger partial charge in [-0.15, -0.1) is 0 Å². The smallest absolute Gasteiger partial charge is 0.0720 e. The molecule has 0 bridgehead atoms. The summed E-state index contributed by atoms with van der Waals surface area (Å²) in [7, 11) is 0. The number of nitrogens with zero attached hydrogens (tertiary/aromatic N) is 2. The highest BCUT2D eigenvalue weighted by atomic mass is 14.9. The van der Waals surface area contributed by atoms with Crippen molar-refractivity contribution in [2.75, 3.05) is 0 Å². The summed E-state index contributed by atoms with van der Waals surface area (Å²) in [5.74, 6) is 0. The van der Waals surface area contributed by atoms with E-state index in [9.17, 15) is 0 Å². The van der Waals surface area contributed by atoms with Gasteiger partial charge < -0.3 is 8.80 Å². The van der Waals surface area contributed by atoms with Crippen molar-refractivity contribution in [2.45, 2.75) is 23.7 Å². The predicted octanol–water partition coefficient (Wildman–Crippen LogP) is 20.1. The molecule has 380 valence electrons. The average molecular weight is 1040 g/mol. The van der Waals surface area contributed by atoms with Crippen LogP contribution in [-0.2, 0) is 10.8 Å². The van der Waals surface area contributed by atoms with Crippen LogP contribution < -0.4 is 0 Å². The van der Waals surface area contributed by atoms with Gasteiger partial charge in [0.1, 0.15) is 0 Å². The van der Waals surface area contributed by atoms with E-state index >= 15 is 0 Å². The molecule has 0 aliphatic heterocycles. The third-order valence-electron chi connectivity index (χ3n) is 19.5. The second kappa shape index (κ2) is 16.2. The van der Waals surface area contributed by atoms with Gasteiger partial charge in [0.05, 0.1) is 43.9 Å². The third kappa shape index (κ3) is 5.28. The van der Waals surface area contributed by atoms with Gasteiger partial charge in [-0.2, -0.15) is 0 Å². The molecule has 0 atom stereocenters. The Hall–Kier alpha value is -10.3. The maximum atomic E-state index is 2.72. The molecule has 0 spiro atoms. The molecule has 0 radical (unpaired) electrons. The number of hydrogen-bond acceptors (Lipinski definition) is 0. The highest BCUT2D eigenvalue weighted by Crippen LogP contribution is 2.65. The summed E-state index contributed by atoms with van der Waals surface area (Å²) in [4.78, 5) is 0. The molecule has 0 saturated heterocycles. The van der Waals surface area contributed by atoms with E-state index in [-0.39, 0.29) is 0 Å². The number of hydrogen-bond donors (Lipinski definition) is 0. The van der Waals surface area contributed by atoms with Crippen LogP contribution in [0.5, 0.6) is 0 Å². The lowest BCUT2D eigenvalue weighted by Gasteiger charge is -2.37. The van der Waals surface area contributed by atoms with Crippen molar-refractivity contribution in [3.63, 3.8) is 0 Å². The van der Waals surface area contributed by atoms with E-state index in [0.29, 0.717) is 0 Å².